The molecule has 0 aromatic rings. The summed E-state index contributed by atoms with van der Waals surface area (Å²) in [6.45, 7) is 6.81. The Morgan fingerprint density at radius 3 is 2.61 bits per heavy atom. The van der Waals surface area contributed by atoms with E-state index in [4.69, 9.17) is 5.11 Å². The number of aliphatic hydroxyl groups is 1. The monoisotopic (exact) mass is 390 g/mol. The van der Waals surface area contributed by atoms with Crippen LogP contribution >= 0.6 is 0 Å². The number of hydrogen-bond donors (Lipinski definition) is 2. The number of aliphatic carboxylic acids is 1. The van der Waals surface area contributed by atoms with Gasteiger partial charge in [0, 0.05) is 18.3 Å². The van der Waals surface area contributed by atoms with E-state index in [0.717, 1.165) is 32.1 Å². The van der Waals surface area contributed by atoms with Gasteiger partial charge >= 0.3 is 5.97 Å². The first-order valence-corrected chi connectivity index (χ1v) is 11.6. The van der Waals surface area contributed by atoms with Crippen LogP contribution in [0.4, 0.5) is 0 Å². The first kappa shape index (κ1) is 20.4. The minimum atomic E-state index is -0.729. The van der Waals surface area contributed by atoms with Crippen LogP contribution in [0.1, 0.15) is 85.0 Å². The highest BCUT2D eigenvalue weighted by Crippen LogP contribution is 2.67. The topological polar surface area (TPSA) is 74.6 Å². The zero-order valence-electron chi connectivity index (χ0n) is 17.8. The van der Waals surface area contributed by atoms with Gasteiger partial charge in [-0.3, -0.25) is 9.59 Å². The number of Topliss-reactive ketones (excluding diaryl/α,β-unsaturated/α-hetero) is 1. The molecule has 0 aromatic heterocycles. The Bertz CT molecular complexity index is 645. The molecule has 4 rings (SSSR count). The van der Waals surface area contributed by atoms with Crippen molar-refractivity contribution < 1.29 is 19.8 Å². The summed E-state index contributed by atoms with van der Waals surface area (Å²) in [5, 5.41) is 19.3. The molecule has 28 heavy (non-hydrogen) atoms. The van der Waals surface area contributed by atoms with E-state index in [2.05, 4.69) is 20.8 Å². The maximum Gasteiger partial charge on any atom is 0.303 e. The van der Waals surface area contributed by atoms with E-state index in [1.165, 1.54) is 12.8 Å². The fourth-order valence-corrected chi connectivity index (χ4v) is 8.44. The normalized spacial score (nSPS) is 49.1. The van der Waals surface area contributed by atoms with Gasteiger partial charge in [0.15, 0.2) is 0 Å². The Morgan fingerprint density at radius 2 is 1.89 bits per heavy atom. The molecule has 2 N–H and O–H groups in total. The molecule has 0 heterocycles. The lowest BCUT2D eigenvalue weighted by molar-refractivity contribution is -0.160. The van der Waals surface area contributed by atoms with Crippen LogP contribution in [0.25, 0.3) is 0 Å². The number of aliphatic hydroxyl groups excluding tert-OH is 1. The molecular formula is C24H38O4. The van der Waals surface area contributed by atoms with Gasteiger partial charge in [-0.2, -0.15) is 0 Å². The highest BCUT2D eigenvalue weighted by molar-refractivity contribution is 5.87. The fraction of sp³-hybridized carbons (Fsp3) is 0.917. The van der Waals surface area contributed by atoms with Crippen molar-refractivity contribution in [3.05, 3.63) is 0 Å². The lowest BCUT2D eigenvalue weighted by atomic mass is 9.44. The van der Waals surface area contributed by atoms with Crippen LogP contribution in [0, 0.1) is 46.3 Å². The summed E-state index contributed by atoms with van der Waals surface area (Å²) in [7, 11) is 0. The van der Waals surface area contributed by atoms with Crippen LogP contribution in [0.15, 0.2) is 0 Å². The van der Waals surface area contributed by atoms with Crippen molar-refractivity contribution in [1.29, 1.82) is 0 Å². The maximum absolute atomic E-state index is 13.6. The van der Waals surface area contributed by atoms with Crippen LogP contribution in [0.3, 0.4) is 0 Å². The maximum atomic E-state index is 13.6. The molecular weight excluding hydrogens is 352 g/mol. The Kier molecular flexibility index (Phi) is 5.17. The van der Waals surface area contributed by atoms with Crippen LogP contribution < -0.4 is 0 Å². The minimum Gasteiger partial charge on any atom is -0.481 e. The van der Waals surface area contributed by atoms with E-state index >= 15 is 0 Å². The molecule has 4 fully saturated rings. The second kappa shape index (κ2) is 7.11. The lowest BCUT2D eigenvalue weighted by Crippen LogP contribution is -2.57. The van der Waals surface area contributed by atoms with Crippen molar-refractivity contribution >= 4 is 11.8 Å². The molecule has 0 aliphatic heterocycles. The summed E-state index contributed by atoms with van der Waals surface area (Å²) in [4.78, 5) is 24.7. The molecule has 4 saturated carbocycles. The molecule has 0 spiro atoms. The summed E-state index contributed by atoms with van der Waals surface area (Å²) in [6, 6.07) is 0. The van der Waals surface area contributed by atoms with E-state index in [9.17, 15) is 14.7 Å². The zero-order chi connectivity index (χ0) is 20.3. The average Bonchev–Trinajstić information content (AvgIpc) is 3.00. The zero-order valence-corrected chi connectivity index (χ0v) is 17.8. The SMILES string of the molecule is C[C@H](CCC(=O)O)[C@@H]1CC[C@@H]2[C@@H]3CC[C@@H]4C[C@H](O)CC[C@]4(C)[C@@H]3CC(=O)[C@@]21C. The van der Waals surface area contributed by atoms with E-state index in [-0.39, 0.29) is 23.4 Å². The van der Waals surface area contributed by atoms with Gasteiger partial charge in [0.05, 0.1) is 6.10 Å². The van der Waals surface area contributed by atoms with Gasteiger partial charge < -0.3 is 10.2 Å². The minimum absolute atomic E-state index is 0.148. The van der Waals surface area contributed by atoms with Crippen molar-refractivity contribution in [2.45, 2.75) is 91.1 Å². The van der Waals surface area contributed by atoms with E-state index < -0.39 is 5.97 Å². The van der Waals surface area contributed by atoms with Crippen LogP contribution in [-0.2, 0) is 9.59 Å². The summed E-state index contributed by atoms with van der Waals surface area (Å²) in [6.07, 6.45) is 8.96. The number of hydrogen-bond acceptors (Lipinski definition) is 3. The van der Waals surface area contributed by atoms with Crippen molar-refractivity contribution in [3.63, 3.8) is 0 Å². The summed E-state index contributed by atoms with van der Waals surface area (Å²) >= 11 is 0. The molecule has 4 aliphatic carbocycles. The molecule has 4 aliphatic rings. The van der Waals surface area contributed by atoms with Gasteiger partial charge in [-0.15, -0.1) is 0 Å². The predicted molar refractivity (Wildman–Crippen MR) is 108 cm³/mol. The van der Waals surface area contributed by atoms with Gasteiger partial charge in [-0.05, 0) is 92.3 Å². The summed E-state index contributed by atoms with van der Waals surface area (Å²) in [5.41, 5.74) is -0.0391. The van der Waals surface area contributed by atoms with Gasteiger partial charge in [0.25, 0.3) is 0 Å². The van der Waals surface area contributed by atoms with Crippen LogP contribution in [0.5, 0.6) is 0 Å². The number of carboxylic acid groups (broad SMARTS) is 1. The first-order valence-electron chi connectivity index (χ1n) is 11.6. The molecule has 0 bridgehead atoms. The van der Waals surface area contributed by atoms with Crippen LogP contribution in [-0.4, -0.2) is 28.1 Å². The first-order chi connectivity index (χ1) is 13.2. The Morgan fingerprint density at radius 1 is 1.14 bits per heavy atom. The molecule has 0 unspecified atom stereocenters. The third-order valence-corrected chi connectivity index (χ3v) is 10.1. The second-order valence-corrected chi connectivity index (χ2v) is 11.1. The van der Waals surface area contributed by atoms with Crippen LogP contribution in [0.2, 0.25) is 0 Å². The number of fused-ring (bicyclic) bond motifs is 5. The molecule has 4 nitrogen and oxygen atoms in total. The highest BCUT2D eigenvalue weighted by Gasteiger charge is 2.63. The molecule has 0 amide bonds. The molecule has 0 aromatic carbocycles. The molecule has 158 valence electrons. The standard InChI is InChI=1S/C24H38O4/c1-14(4-9-22(27)28)18-7-8-19-17-6-5-15-12-16(25)10-11-23(15,2)20(17)13-21(26)24(18,19)3/h14-20,25H,4-13H2,1-3H3,(H,27,28)/t14-,15-,16-,17+,18+,19-,20-,23+,24-/m1/s1. The van der Waals surface area contributed by atoms with Crippen molar-refractivity contribution in [2.24, 2.45) is 46.3 Å². The quantitative estimate of drug-likeness (QED) is 0.730. The third-order valence-electron chi connectivity index (χ3n) is 10.1. The smallest absolute Gasteiger partial charge is 0.303 e. The summed E-state index contributed by atoms with van der Waals surface area (Å²) < 4.78 is 0. The van der Waals surface area contributed by atoms with Crippen molar-refractivity contribution in [1.82, 2.24) is 0 Å². The average molecular weight is 391 g/mol. The van der Waals surface area contributed by atoms with Gasteiger partial charge in [0.2, 0.25) is 0 Å². The highest BCUT2D eigenvalue weighted by atomic mass is 16.4. The molecule has 4 heteroatoms. The van der Waals surface area contributed by atoms with E-state index in [0.29, 0.717) is 54.1 Å². The Labute approximate surface area is 169 Å². The van der Waals surface area contributed by atoms with Crippen molar-refractivity contribution in [3.8, 4) is 0 Å². The number of carbonyl (C=O) groups is 2. The second-order valence-electron chi connectivity index (χ2n) is 11.1. The number of rotatable bonds is 4. The number of carboxylic acids is 1. The van der Waals surface area contributed by atoms with Gasteiger partial charge in [-0.1, -0.05) is 20.8 Å². The largest absolute Gasteiger partial charge is 0.481 e. The van der Waals surface area contributed by atoms with E-state index in [1.807, 2.05) is 0 Å². The Balaban J connectivity index is 1.57. The fourth-order valence-electron chi connectivity index (χ4n) is 8.44. The van der Waals surface area contributed by atoms with Crippen molar-refractivity contribution in [2.75, 3.05) is 0 Å². The molecule has 9 atom stereocenters. The Hall–Kier alpha value is -0.900. The van der Waals surface area contributed by atoms with Gasteiger partial charge in [-0.25, -0.2) is 0 Å². The summed E-state index contributed by atoms with van der Waals surface area (Å²) in [5.74, 6) is 2.52. The predicted octanol–water partition coefficient (Wildman–Crippen LogP) is 4.69. The van der Waals surface area contributed by atoms with E-state index in [1.54, 1.807) is 0 Å². The van der Waals surface area contributed by atoms with Gasteiger partial charge in [0.1, 0.15) is 5.78 Å². The molecule has 0 radical (unpaired) electrons. The lowest BCUT2D eigenvalue weighted by Gasteiger charge is -2.60. The number of carbonyl (C=O) groups excluding carboxylic acids is 1. The molecule has 0 saturated heterocycles. The third kappa shape index (κ3) is 2.97. The number of ketones is 1.